The molecule has 0 aliphatic heterocycles. The molecule has 3 heteroatoms. The maximum atomic E-state index is 11.6. The van der Waals surface area contributed by atoms with Crippen molar-refractivity contribution in [2.45, 2.75) is 13.1 Å². The summed E-state index contributed by atoms with van der Waals surface area (Å²) in [6, 6.07) is 20.4. The van der Waals surface area contributed by atoms with Crippen molar-refractivity contribution in [3.05, 3.63) is 83.9 Å². The molecule has 0 heterocycles. The lowest BCUT2D eigenvalue weighted by molar-refractivity contribution is -0.136. The summed E-state index contributed by atoms with van der Waals surface area (Å²) >= 11 is 0. The van der Waals surface area contributed by atoms with Gasteiger partial charge >= 0.3 is 5.97 Å². The van der Waals surface area contributed by atoms with Gasteiger partial charge in [-0.15, -0.1) is 0 Å². The SMILES string of the molecule is C=C(CN(Cc1ccccc1)Cc1ccccc1)C(=O)OC. The molecule has 0 radical (unpaired) electrons. The summed E-state index contributed by atoms with van der Waals surface area (Å²) in [4.78, 5) is 13.8. The van der Waals surface area contributed by atoms with Crippen molar-refractivity contribution in [2.24, 2.45) is 0 Å². The molecular weight excluding hydrogens is 274 g/mol. The standard InChI is InChI=1S/C19H21NO2/c1-16(19(21)22-2)13-20(14-17-9-5-3-6-10-17)15-18-11-7-4-8-12-18/h3-12H,1,13-15H2,2H3. The minimum absolute atomic E-state index is 0.355. The van der Waals surface area contributed by atoms with Crippen LogP contribution in [-0.4, -0.2) is 24.5 Å². The number of esters is 1. The quantitative estimate of drug-likeness (QED) is 0.579. The van der Waals surface area contributed by atoms with Crippen LogP contribution in [-0.2, 0) is 22.6 Å². The zero-order valence-electron chi connectivity index (χ0n) is 12.9. The van der Waals surface area contributed by atoms with Gasteiger partial charge in [0.1, 0.15) is 0 Å². The van der Waals surface area contributed by atoms with Crippen LogP contribution in [0.2, 0.25) is 0 Å². The fourth-order valence-electron chi connectivity index (χ4n) is 2.33. The van der Waals surface area contributed by atoms with Crippen molar-refractivity contribution in [2.75, 3.05) is 13.7 Å². The molecule has 0 N–H and O–H groups in total. The third-order valence-electron chi connectivity index (χ3n) is 3.39. The third-order valence-corrected chi connectivity index (χ3v) is 3.39. The molecule has 0 atom stereocenters. The van der Waals surface area contributed by atoms with Gasteiger partial charge in [-0.05, 0) is 11.1 Å². The summed E-state index contributed by atoms with van der Waals surface area (Å²) in [7, 11) is 1.38. The Hall–Kier alpha value is -2.39. The van der Waals surface area contributed by atoms with Crippen LogP contribution in [0.5, 0.6) is 0 Å². The molecule has 0 saturated heterocycles. The van der Waals surface area contributed by atoms with E-state index >= 15 is 0 Å². The smallest absolute Gasteiger partial charge is 0.334 e. The van der Waals surface area contributed by atoms with Crippen molar-refractivity contribution in [1.82, 2.24) is 4.90 Å². The molecule has 0 saturated carbocycles. The summed E-state index contributed by atoms with van der Waals surface area (Å²) in [5.41, 5.74) is 2.88. The topological polar surface area (TPSA) is 29.5 Å². The van der Waals surface area contributed by atoms with Crippen molar-refractivity contribution in [3.63, 3.8) is 0 Å². The van der Waals surface area contributed by atoms with Crippen LogP contribution in [0.4, 0.5) is 0 Å². The minimum atomic E-state index is -0.355. The van der Waals surface area contributed by atoms with Gasteiger partial charge in [0.15, 0.2) is 0 Å². The number of hydrogen-bond donors (Lipinski definition) is 0. The maximum absolute atomic E-state index is 11.6. The van der Waals surface area contributed by atoms with Crippen LogP contribution in [0.25, 0.3) is 0 Å². The van der Waals surface area contributed by atoms with Crippen molar-refractivity contribution >= 4 is 5.97 Å². The summed E-state index contributed by atoms with van der Waals surface area (Å²) in [6.07, 6.45) is 0. The molecule has 0 aliphatic carbocycles. The van der Waals surface area contributed by atoms with Crippen LogP contribution < -0.4 is 0 Å². The van der Waals surface area contributed by atoms with E-state index in [0.717, 1.165) is 13.1 Å². The number of benzene rings is 2. The maximum Gasteiger partial charge on any atom is 0.334 e. The van der Waals surface area contributed by atoms with Crippen LogP contribution in [0.3, 0.4) is 0 Å². The van der Waals surface area contributed by atoms with Gasteiger partial charge < -0.3 is 4.74 Å². The highest BCUT2D eigenvalue weighted by Gasteiger charge is 2.13. The second-order valence-electron chi connectivity index (χ2n) is 5.21. The first-order chi connectivity index (χ1) is 10.7. The van der Waals surface area contributed by atoms with Crippen LogP contribution in [0, 0.1) is 0 Å². The molecule has 0 aliphatic rings. The van der Waals surface area contributed by atoms with Crippen molar-refractivity contribution < 1.29 is 9.53 Å². The van der Waals surface area contributed by atoms with Gasteiger partial charge in [-0.1, -0.05) is 67.2 Å². The molecule has 0 spiro atoms. The number of ether oxygens (including phenoxy) is 1. The lowest BCUT2D eigenvalue weighted by Gasteiger charge is -2.23. The second-order valence-corrected chi connectivity index (χ2v) is 5.21. The Morgan fingerprint density at radius 2 is 1.41 bits per heavy atom. The number of carbonyl (C=O) groups excluding carboxylic acids is 1. The molecule has 2 aromatic carbocycles. The molecule has 2 aromatic rings. The van der Waals surface area contributed by atoms with Crippen molar-refractivity contribution in [1.29, 1.82) is 0 Å². The van der Waals surface area contributed by atoms with Crippen LogP contribution in [0.1, 0.15) is 11.1 Å². The van der Waals surface area contributed by atoms with Gasteiger partial charge in [0.25, 0.3) is 0 Å². The molecule has 22 heavy (non-hydrogen) atoms. The van der Waals surface area contributed by atoms with E-state index < -0.39 is 0 Å². The highest BCUT2D eigenvalue weighted by atomic mass is 16.5. The van der Waals surface area contributed by atoms with Gasteiger partial charge in [0.05, 0.1) is 7.11 Å². The molecule has 2 rings (SSSR count). The van der Waals surface area contributed by atoms with Crippen LogP contribution >= 0.6 is 0 Å². The minimum Gasteiger partial charge on any atom is -0.466 e. The van der Waals surface area contributed by atoms with E-state index in [1.807, 2.05) is 36.4 Å². The third kappa shape index (κ3) is 4.86. The van der Waals surface area contributed by atoms with Gasteiger partial charge in [-0.3, -0.25) is 4.90 Å². The highest BCUT2D eigenvalue weighted by molar-refractivity contribution is 5.88. The fraction of sp³-hybridized carbons (Fsp3) is 0.211. The van der Waals surface area contributed by atoms with E-state index in [0.29, 0.717) is 12.1 Å². The Kier molecular flexibility index (Phi) is 5.92. The summed E-state index contributed by atoms with van der Waals surface area (Å²) in [5.74, 6) is -0.355. The largest absolute Gasteiger partial charge is 0.466 e. The number of nitrogens with zero attached hydrogens (tertiary/aromatic N) is 1. The molecule has 0 aromatic heterocycles. The monoisotopic (exact) mass is 295 g/mol. The van der Waals surface area contributed by atoms with Crippen LogP contribution in [0.15, 0.2) is 72.8 Å². The number of rotatable bonds is 7. The summed E-state index contributed by atoms with van der Waals surface area (Å²) in [5, 5.41) is 0. The number of hydrogen-bond acceptors (Lipinski definition) is 3. The first kappa shape index (κ1) is 16.0. The van der Waals surface area contributed by atoms with Gasteiger partial charge in [-0.25, -0.2) is 4.79 Å². The Morgan fingerprint density at radius 3 is 1.82 bits per heavy atom. The van der Waals surface area contributed by atoms with Gasteiger partial charge in [0, 0.05) is 25.2 Å². The van der Waals surface area contributed by atoms with E-state index in [1.54, 1.807) is 0 Å². The average molecular weight is 295 g/mol. The molecule has 0 unspecified atom stereocenters. The normalized spacial score (nSPS) is 10.5. The fourth-order valence-corrected chi connectivity index (χ4v) is 2.33. The Balaban J connectivity index is 2.09. The molecule has 3 nitrogen and oxygen atoms in total. The Labute approximate surface area is 131 Å². The molecular formula is C19H21NO2. The molecule has 0 bridgehead atoms. The number of carbonyl (C=O) groups is 1. The van der Waals surface area contributed by atoms with Gasteiger partial charge in [0.2, 0.25) is 0 Å². The van der Waals surface area contributed by atoms with Crippen molar-refractivity contribution in [3.8, 4) is 0 Å². The predicted octanol–water partition coefficient (Wildman–Crippen LogP) is 3.42. The zero-order valence-corrected chi connectivity index (χ0v) is 12.9. The molecule has 0 amide bonds. The highest BCUT2D eigenvalue weighted by Crippen LogP contribution is 2.12. The number of methoxy groups -OCH3 is 1. The Morgan fingerprint density at radius 1 is 0.955 bits per heavy atom. The Bertz CT molecular complexity index is 566. The summed E-state index contributed by atoms with van der Waals surface area (Å²) in [6.45, 7) is 5.83. The molecule has 0 fully saturated rings. The van der Waals surface area contributed by atoms with Gasteiger partial charge in [-0.2, -0.15) is 0 Å². The lowest BCUT2D eigenvalue weighted by atomic mass is 10.1. The second kappa shape index (κ2) is 8.15. The first-order valence-corrected chi connectivity index (χ1v) is 7.25. The first-order valence-electron chi connectivity index (χ1n) is 7.25. The van der Waals surface area contributed by atoms with E-state index in [2.05, 4.69) is 35.7 Å². The van der Waals surface area contributed by atoms with E-state index in [1.165, 1.54) is 18.2 Å². The zero-order chi connectivity index (χ0) is 15.8. The average Bonchev–Trinajstić information content (AvgIpc) is 2.55. The summed E-state index contributed by atoms with van der Waals surface area (Å²) < 4.78 is 4.75. The van der Waals surface area contributed by atoms with E-state index in [4.69, 9.17) is 4.74 Å². The lowest BCUT2D eigenvalue weighted by Crippen LogP contribution is -2.27. The van der Waals surface area contributed by atoms with E-state index in [-0.39, 0.29) is 5.97 Å². The predicted molar refractivity (Wildman–Crippen MR) is 88.2 cm³/mol. The molecule has 114 valence electrons. The van der Waals surface area contributed by atoms with E-state index in [9.17, 15) is 4.79 Å².